The standard InChI is InChI=1S/C27H28N2O6/c1-4-13-35-27(31)24-16(2)28-21-14-18(20-7-5-6-8-23(20)34-3)15-22(30)26(21)25(24)17-9-11-19(12-10-17)29(32)33/h5-12,18,25,28H,4,13-15H2,1-3H3/t18-,25-/m1/s1. The van der Waals surface area contributed by atoms with Gasteiger partial charge >= 0.3 is 5.97 Å². The molecule has 0 unspecified atom stereocenters. The number of ether oxygens (including phenoxy) is 2. The number of methoxy groups -OCH3 is 1. The zero-order chi connectivity index (χ0) is 25.1. The monoisotopic (exact) mass is 476 g/mol. The number of carbonyl (C=O) groups is 2. The van der Waals surface area contributed by atoms with Crippen molar-refractivity contribution in [1.82, 2.24) is 5.32 Å². The second-order valence-corrected chi connectivity index (χ2v) is 8.74. The largest absolute Gasteiger partial charge is 0.496 e. The van der Waals surface area contributed by atoms with Crippen molar-refractivity contribution in [2.24, 2.45) is 0 Å². The van der Waals surface area contributed by atoms with Crippen molar-refractivity contribution in [2.75, 3.05) is 13.7 Å². The summed E-state index contributed by atoms with van der Waals surface area (Å²) in [7, 11) is 1.61. The van der Waals surface area contributed by atoms with Gasteiger partial charge in [-0.25, -0.2) is 4.79 Å². The smallest absolute Gasteiger partial charge is 0.336 e. The Morgan fingerprint density at radius 3 is 2.51 bits per heavy atom. The number of hydrogen-bond acceptors (Lipinski definition) is 7. The van der Waals surface area contributed by atoms with Crippen LogP contribution >= 0.6 is 0 Å². The molecule has 2 aromatic rings. The second-order valence-electron chi connectivity index (χ2n) is 8.74. The Balaban J connectivity index is 1.79. The SMILES string of the molecule is CCCOC(=O)C1=C(C)NC2=C(C(=O)C[C@H](c3ccccc3OC)C2)[C@@H]1c1ccc([N+](=O)[O-])cc1. The van der Waals surface area contributed by atoms with E-state index >= 15 is 0 Å². The summed E-state index contributed by atoms with van der Waals surface area (Å²) in [6, 6.07) is 13.7. The van der Waals surface area contributed by atoms with Crippen LogP contribution in [0.3, 0.4) is 0 Å². The number of rotatable bonds is 7. The molecule has 1 aliphatic heterocycles. The lowest BCUT2D eigenvalue weighted by Gasteiger charge is -2.37. The molecule has 0 saturated carbocycles. The van der Waals surface area contributed by atoms with Gasteiger partial charge in [0.05, 0.1) is 24.2 Å². The molecule has 0 bridgehead atoms. The van der Waals surface area contributed by atoms with Crippen LogP contribution < -0.4 is 10.1 Å². The molecule has 1 heterocycles. The zero-order valence-corrected chi connectivity index (χ0v) is 20.0. The van der Waals surface area contributed by atoms with Crippen molar-refractivity contribution in [3.05, 3.63) is 92.3 Å². The van der Waals surface area contributed by atoms with Gasteiger partial charge in [0.1, 0.15) is 5.75 Å². The molecule has 182 valence electrons. The number of Topliss-reactive ketones (excluding diaryl/α,β-unsaturated/α-hetero) is 1. The summed E-state index contributed by atoms with van der Waals surface area (Å²) in [5.74, 6) is -0.586. The molecule has 1 aliphatic carbocycles. The molecule has 35 heavy (non-hydrogen) atoms. The van der Waals surface area contributed by atoms with Crippen molar-refractivity contribution in [3.8, 4) is 5.75 Å². The minimum Gasteiger partial charge on any atom is -0.496 e. The Bertz CT molecular complexity index is 1230. The molecule has 2 aliphatic rings. The Morgan fingerprint density at radius 1 is 1.14 bits per heavy atom. The molecule has 4 rings (SSSR count). The number of esters is 1. The average Bonchev–Trinajstić information content (AvgIpc) is 2.86. The van der Waals surface area contributed by atoms with Gasteiger partial charge in [0.25, 0.3) is 5.69 Å². The van der Waals surface area contributed by atoms with Crippen LogP contribution in [0.1, 0.15) is 56.1 Å². The highest BCUT2D eigenvalue weighted by atomic mass is 16.6. The number of ketones is 1. The quantitative estimate of drug-likeness (QED) is 0.343. The first kappa shape index (κ1) is 24.2. The first-order chi connectivity index (χ1) is 16.8. The van der Waals surface area contributed by atoms with Crippen molar-refractivity contribution >= 4 is 17.4 Å². The number of allylic oxidation sites excluding steroid dienone is 3. The number of nitro groups is 1. The van der Waals surface area contributed by atoms with Gasteiger partial charge in [-0.15, -0.1) is 0 Å². The molecule has 0 spiro atoms. The van der Waals surface area contributed by atoms with E-state index in [0.29, 0.717) is 35.2 Å². The minimum absolute atomic E-state index is 0.0566. The fourth-order valence-electron chi connectivity index (χ4n) is 4.93. The fraction of sp³-hybridized carbons (Fsp3) is 0.333. The summed E-state index contributed by atoms with van der Waals surface area (Å²) in [5.41, 5.74) is 3.77. The van der Waals surface area contributed by atoms with Gasteiger partial charge in [0.2, 0.25) is 0 Å². The molecular formula is C27H28N2O6. The Hall–Kier alpha value is -3.94. The van der Waals surface area contributed by atoms with E-state index in [-0.39, 0.29) is 30.4 Å². The average molecular weight is 477 g/mol. The Kier molecular flexibility index (Phi) is 7.00. The molecule has 0 fully saturated rings. The minimum atomic E-state index is -0.664. The number of nitro benzene ring substituents is 1. The molecule has 1 N–H and O–H groups in total. The van der Waals surface area contributed by atoms with Crippen molar-refractivity contribution in [2.45, 2.75) is 44.9 Å². The summed E-state index contributed by atoms with van der Waals surface area (Å²) >= 11 is 0. The highest BCUT2D eigenvalue weighted by molar-refractivity contribution is 6.04. The van der Waals surface area contributed by atoms with Crippen LogP contribution in [0.2, 0.25) is 0 Å². The molecule has 0 saturated heterocycles. The van der Waals surface area contributed by atoms with Crippen LogP contribution in [0, 0.1) is 10.1 Å². The summed E-state index contributed by atoms with van der Waals surface area (Å²) in [4.78, 5) is 37.4. The van der Waals surface area contributed by atoms with Gasteiger partial charge in [0.15, 0.2) is 5.78 Å². The van der Waals surface area contributed by atoms with E-state index in [0.717, 1.165) is 17.0 Å². The number of nitrogens with zero attached hydrogens (tertiary/aromatic N) is 1. The molecule has 0 amide bonds. The zero-order valence-electron chi connectivity index (χ0n) is 20.0. The first-order valence-corrected chi connectivity index (χ1v) is 11.6. The third-order valence-electron chi connectivity index (χ3n) is 6.50. The summed E-state index contributed by atoms with van der Waals surface area (Å²) in [6.07, 6.45) is 1.50. The maximum absolute atomic E-state index is 13.6. The number of carbonyl (C=O) groups excluding carboxylic acids is 2. The molecule has 0 radical (unpaired) electrons. The molecule has 2 aromatic carbocycles. The van der Waals surface area contributed by atoms with Gasteiger partial charge in [0, 0.05) is 47.4 Å². The predicted molar refractivity (Wildman–Crippen MR) is 130 cm³/mol. The topological polar surface area (TPSA) is 108 Å². The highest BCUT2D eigenvalue weighted by Gasteiger charge is 2.41. The van der Waals surface area contributed by atoms with E-state index in [1.807, 2.05) is 31.2 Å². The van der Waals surface area contributed by atoms with Gasteiger partial charge in [-0.3, -0.25) is 14.9 Å². The van der Waals surface area contributed by atoms with E-state index in [4.69, 9.17) is 9.47 Å². The van der Waals surface area contributed by atoms with E-state index in [9.17, 15) is 19.7 Å². The van der Waals surface area contributed by atoms with Gasteiger partial charge in [-0.2, -0.15) is 0 Å². The number of non-ortho nitro benzene ring substituents is 1. The van der Waals surface area contributed by atoms with Crippen molar-refractivity contribution in [3.63, 3.8) is 0 Å². The van der Waals surface area contributed by atoms with Crippen molar-refractivity contribution < 1.29 is 24.0 Å². The van der Waals surface area contributed by atoms with Crippen LogP contribution in [0.25, 0.3) is 0 Å². The third kappa shape index (κ3) is 4.69. The lowest BCUT2D eigenvalue weighted by molar-refractivity contribution is -0.384. The molecule has 2 atom stereocenters. The van der Waals surface area contributed by atoms with Crippen LogP contribution in [-0.4, -0.2) is 30.4 Å². The number of hydrogen-bond donors (Lipinski definition) is 1. The summed E-state index contributed by atoms with van der Waals surface area (Å²) < 4.78 is 11.0. The van der Waals surface area contributed by atoms with Crippen molar-refractivity contribution in [1.29, 1.82) is 0 Å². The van der Waals surface area contributed by atoms with E-state index in [1.165, 1.54) is 12.1 Å². The number of dihydropyridines is 1. The number of nitrogens with one attached hydrogen (secondary N) is 1. The van der Waals surface area contributed by atoms with Crippen LogP contribution in [0.15, 0.2) is 71.1 Å². The Labute approximate surface area is 203 Å². The van der Waals surface area contributed by atoms with Gasteiger partial charge in [-0.1, -0.05) is 37.3 Å². The van der Waals surface area contributed by atoms with Crippen LogP contribution in [0.4, 0.5) is 5.69 Å². The van der Waals surface area contributed by atoms with Gasteiger partial charge in [-0.05, 0) is 37.0 Å². The first-order valence-electron chi connectivity index (χ1n) is 11.6. The summed E-state index contributed by atoms with van der Waals surface area (Å²) in [6.45, 7) is 3.96. The molecule has 8 nitrogen and oxygen atoms in total. The maximum atomic E-state index is 13.6. The Morgan fingerprint density at radius 2 is 1.86 bits per heavy atom. The molecule has 0 aromatic heterocycles. The maximum Gasteiger partial charge on any atom is 0.336 e. The van der Waals surface area contributed by atoms with E-state index < -0.39 is 16.8 Å². The lowest BCUT2D eigenvalue weighted by atomic mass is 9.71. The van der Waals surface area contributed by atoms with E-state index in [1.54, 1.807) is 26.2 Å². The third-order valence-corrected chi connectivity index (χ3v) is 6.50. The van der Waals surface area contributed by atoms with E-state index in [2.05, 4.69) is 5.32 Å². The lowest BCUT2D eigenvalue weighted by Crippen LogP contribution is -2.36. The highest BCUT2D eigenvalue weighted by Crippen LogP contribution is 2.47. The second kappa shape index (κ2) is 10.1. The molecular weight excluding hydrogens is 448 g/mol. The number of benzene rings is 2. The number of para-hydroxylation sites is 1. The van der Waals surface area contributed by atoms with Gasteiger partial charge < -0.3 is 14.8 Å². The van der Waals surface area contributed by atoms with Crippen LogP contribution in [-0.2, 0) is 14.3 Å². The van der Waals surface area contributed by atoms with Crippen LogP contribution in [0.5, 0.6) is 5.75 Å². The molecule has 8 heteroatoms. The predicted octanol–water partition coefficient (Wildman–Crippen LogP) is 4.92. The normalized spacial score (nSPS) is 19.7. The summed E-state index contributed by atoms with van der Waals surface area (Å²) in [5, 5.41) is 14.5. The fourth-order valence-corrected chi connectivity index (χ4v) is 4.93.